The molecule has 1 aromatic rings. The lowest BCUT2D eigenvalue weighted by Gasteiger charge is -2.13. The van der Waals surface area contributed by atoms with Gasteiger partial charge in [-0.15, -0.1) is 0 Å². The first-order valence-electron chi connectivity index (χ1n) is 5.04. The zero-order chi connectivity index (χ0) is 12.9. The van der Waals surface area contributed by atoms with Crippen molar-refractivity contribution in [3.63, 3.8) is 0 Å². The van der Waals surface area contributed by atoms with Crippen LogP contribution in [0, 0.1) is 0 Å². The molecular formula is C9H16N4O2S2. The lowest BCUT2D eigenvalue weighted by molar-refractivity contribution is 0.556. The first kappa shape index (κ1) is 14.2. The SMILES string of the molecule is CSCCC(C)NS(=O)(=O)c1cnc(N)nc1. The molecule has 6 nitrogen and oxygen atoms in total. The number of aromatic nitrogens is 2. The van der Waals surface area contributed by atoms with E-state index in [4.69, 9.17) is 5.73 Å². The highest BCUT2D eigenvalue weighted by Crippen LogP contribution is 2.08. The molecule has 0 saturated heterocycles. The third kappa shape index (κ3) is 4.49. The van der Waals surface area contributed by atoms with Crippen molar-refractivity contribution < 1.29 is 8.42 Å². The van der Waals surface area contributed by atoms with Crippen LogP contribution >= 0.6 is 11.8 Å². The van der Waals surface area contributed by atoms with Crippen LogP contribution in [0.25, 0.3) is 0 Å². The lowest BCUT2D eigenvalue weighted by Crippen LogP contribution is -2.33. The van der Waals surface area contributed by atoms with Gasteiger partial charge in [-0.25, -0.2) is 23.1 Å². The molecule has 1 heterocycles. The first-order chi connectivity index (χ1) is 7.95. The Kier molecular flexibility index (Phi) is 5.16. The van der Waals surface area contributed by atoms with E-state index in [1.165, 1.54) is 12.4 Å². The highest BCUT2D eigenvalue weighted by Gasteiger charge is 2.17. The number of hydrogen-bond acceptors (Lipinski definition) is 6. The molecule has 0 aromatic carbocycles. The van der Waals surface area contributed by atoms with Crippen molar-refractivity contribution >= 4 is 27.7 Å². The van der Waals surface area contributed by atoms with Crippen LogP contribution in [0.15, 0.2) is 17.3 Å². The van der Waals surface area contributed by atoms with Gasteiger partial charge in [0.25, 0.3) is 0 Å². The average molecular weight is 276 g/mol. The van der Waals surface area contributed by atoms with Crippen molar-refractivity contribution in [3.05, 3.63) is 12.4 Å². The van der Waals surface area contributed by atoms with Gasteiger partial charge in [0, 0.05) is 6.04 Å². The van der Waals surface area contributed by atoms with E-state index in [0.717, 1.165) is 12.2 Å². The van der Waals surface area contributed by atoms with Crippen molar-refractivity contribution in [2.24, 2.45) is 0 Å². The molecule has 1 aromatic heterocycles. The fraction of sp³-hybridized carbons (Fsp3) is 0.556. The molecule has 0 radical (unpaired) electrons. The number of nitrogens with two attached hydrogens (primary N) is 1. The van der Waals surface area contributed by atoms with Gasteiger partial charge in [-0.1, -0.05) is 0 Å². The number of thioether (sulfide) groups is 1. The van der Waals surface area contributed by atoms with E-state index in [1.54, 1.807) is 11.8 Å². The van der Waals surface area contributed by atoms with Gasteiger partial charge in [0.1, 0.15) is 4.90 Å². The van der Waals surface area contributed by atoms with Crippen LogP contribution in [0.1, 0.15) is 13.3 Å². The summed E-state index contributed by atoms with van der Waals surface area (Å²) in [5.74, 6) is 0.960. The largest absolute Gasteiger partial charge is 0.368 e. The Hall–Kier alpha value is -0.860. The fourth-order valence-electron chi connectivity index (χ4n) is 1.15. The van der Waals surface area contributed by atoms with Crippen LogP contribution in [0.3, 0.4) is 0 Å². The fourth-order valence-corrected chi connectivity index (χ4v) is 2.91. The monoisotopic (exact) mass is 276 g/mol. The van der Waals surface area contributed by atoms with Gasteiger partial charge >= 0.3 is 0 Å². The summed E-state index contributed by atoms with van der Waals surface area (Å²) in [6.07, 6.45) is 5.16. The second-order valence-corrected chi connectivity index (χ2v) is 6.28. The van der Waals surface area contributed by atoms with Gasteiger partial charge in [-0.3, -0.25) is 0 Å². The second-order valence-electron chi connectivity index (χ2n) is 3.58. The summed E-state index contributed by atoms with van der Waals surface area (Å²) >= 11 is 1.68. The molecule has 0 aliphatic rings. The number of hydrogen-bond donors (Lipinski definition) is 2. The molecule has 1 unspecified atom stereocenters. The molecule has 0 aliphatic carbocycles. The summed E-state index contributed by atoms with van der Waals surface area (Å²) in [6, 6.07) is -0.120. The molecule has 0 spiro atoms. The number of sulfonamides is 1. The lowest BCUT2D eigenvalue weighted by atomic mass is 10.3. The van der Waals surface area contributed by atoms with Crippen LogP contribution in [0.2, 0.25) is 0 Å². The minimum atomic E-state index is -3.55. The quantitative estimate of drug-likeness (QED) is 0.784. The molecule has 1 rings (SSSR count). The van der Waals surface area contributed by atoms with E-state index in [1.807, 2.05) is 13.2 Å². The van der Waals surface area contributed by atoms with Crippen LogP contribution in [-0.4, -0.2) is 36.4 Å². The molecule has 0 amide bonds. The van der Waals surface area contributed by atoms with Crippen molar-refractivity contribution in [3.8, 4) is 0 Å². The summed E-state index contributed by atoms with van der Waals surface area (Å²) < 4.78 is 26.3. The summed E-state index contributed by atoms with van der Waals surface area (Å²) in [7, 11) is -3.55. The predicted molar refractivity (Wildman–Crippen MR) is 69.2 cm³/mol. The second kappa shape index (κ2) is 6.18. The molecule has 1 atom stereocenters. The maximum absolute atomic E-state index is 11.9. The van der Waals surface area contributed by atoms with Gasteiger partial charge in [0.2, 0.25) is 16.0 Å². The Morgan fingerprint density at radius 1 is 1.47 bits per heavy atom. The van der Waals surface area contributed by atoms with Gasteiger partial charge in [-0.05, 0) is 25.4 Å². The van der Waals surface area contributed by atoms with Crippen molar-refractivity contribution in [1.29, 1.82) is 0 Å². The number of rotatable bonds is 6. The summed E-state index contributed by atoms with van der Waals surface area (Å²) in [5.41, 5.74) is 5.30. The van der Waals surface area contributed by atoms with Crippen LogP contribution in [0.5, 0.6) is 0 Å². The third-order valence-electron chi connectivity index (χ3n) is 2.07. The zero-order valence-electron chi connectivity index (χ0n) is 9.75. The molecule has 0 bridgehead atoms. The minimum Gasteiger partial charge on any atom is -0.368 e. The molecular weight excluding hydrogens is 260 g/mol. The third-order valence-corrected chi connectivity index (χ3v) is 4.26. The minimum absolute atomic E-state index is 0.0303. The summed E-state index contributed by atoms with van der Waals surface area (Å²) in [6.45, 7) is 1.83. The first-order valence-corrected chi connectivity index (χ1v) is 7.92. The molecule has 0 saturated carbocycles. The zero-order valence-corrected chi connectivity index (χ0v) is 11.4. The van der Waals surface area contributed by atoms with Crippen LogP contribution in [0.4, 0.5) is 5.95 Å². The highest BCUT2D eigenvalue weighted by atomic mass is 32.2. The van der Waals surface area contributed by atoms with E-state index < -0.39 is 10.0 Å². The molecule has 8 heteroatoms. The van der Waals surface area contributed by atoms with Gasteiger partial charge in [0.15, 0.2) is 0 Å². The molecule has 3 N–H and O–H groups in total. The number of nitrogen functional groups attached to an aromatic ring is 1. The highest BCUT2D eigenvalue weighted by molar-refractivity contribution is 7.98. The van der Waals surface area contributed by atoms with Crippen LogP contribution in [-0.2, 0) is 10.0 Å². The molecule has 17 heavy (non-hydrogen) atoms. The van der Waals surface area contributed by atoms with Gasteiger partial charge < -0.3 is 5.73 Å². The number of anilines is 1. The van der Waals surface area contributed by atoms with E-state index in [-0.39, 0.29) is 16.9 Å². The van der Waals surface area contributed by atoms with E-state index in [2.05, 4.69) is 14.7 Å². The maximum Gasteiger partial charge on any atom is 0.243 e. The topological polar surface area (TPSA) is 98.0 Å². The Morgan fingerprint density at radius 2 is 2.06 bits per heavy atom. The van der Waals surface area contributed by atoms with Crippen molar-refractivity contribution in [2.45, 2.75) is 24.3 Å². The predicted octanol–water partition coefficient (Wildman–Crippen LogP) is 0.479. The molecule has 0 fully saturated rings. The maximum atomic E-state index is 11.9. The summed E-state index contributed by atoms with van der Waals surface area (Å²) in [4.78, 5) is 7.35. The Labute approximate surface area is 105 Å². The number of nitrogens with one attached hydrogen (secondary N) is 1. The van der Waals surface area contributed by atoms with Crippen LogP contribution < -0.4 is 10.5 Å². The molecule has 0 aliphatic heterocycles. The number of nitrogens with zero attached hydrogens (tertiary/aromatic N) is 2. The smallest absolute Gasteiger partial charge is 0.243 e. The average Bonchev–Trinajstić information content (AvgIpc) is 2.26. The summed E-state index contributed by atoms with van der Waals surface area (Å²) in [5, 5.41) is 0. The Balaban J connectivity index is 2.71. The van der Waals surface area contributed by atoms with Crippen molar-refractivity contribution in [1.82, 2.24) is 14.7 Å². The van der Waals surface area contributed by atoms with E-state index >= 15 is 0 Å². The normalized spacial score (nSPS) is 13.5. The van der Waals surface area contributed by atoms with Gasteiger partial charge in [-0.2, -0.15) is 11.8 Å². The molecule has 96 valence electrons. The van der Waals surface area contributed by atoms with E-state index in [9.17, 15) is 8.42 Å². The van der Waals surface area contributed by atoms with Crippen molar-refractivity contribution in [2.75, 3.05) is 17.7 Å². The Morgan fingerprint density at radius 3 is 2.59 bits per heavy atom. The van der Waals surface area contributed by atoms with Gasteiger partial charge in [0.05, 0.1) is 12.4 Å². The standard InChI is InChI=1S/C9H16N4O2S2/c1-7(3-4-16-2)13-17(14,15)8-5-11-9(10)12-6-8/h5-7,13H,3-4H2,1-2H3,(H2,10,11,12). The Bertz CT molecular complexity index is 447. The van der Waals surface area contributed by atoms with E-state index in [0.29, 0.717) is 0 Å².